The number of nitrogens with one attached hydrogen (secondary N) is 1. The molecule has 2 aromatic carbocycles. The van der Waals surface area contributed by atoms with Crippen molar-refractivity contribution in [3.63, 3.8) is 0 Å². The lowest BCUT2D eigenvalue weighted by Crippen LogP contribution is -2.34. The molecular weight excluding hydrogens is 352 g/mol. The number of carbonyl (C=O) groups is 1. The van der Waals surface area contributed by atoms with E-state index in [1.807, 2.05) is 62.6 Å². The average Bonchev–Trinajstić information content (AvgIpc) is 2.72. The number of rotatable bonds is 7. The minimum atomic E-state index is -0.184. The molecule has 0 aliphatic heterocycles. The fourth-order valence-corrected chi connectivity index (χ4v) is 2.98. The molecule has 6 heteroatoms. The Balaban J connectivity index is 1.66. The summed E-state index contributed by atoms with van der Waals surface area (Å²) in [7, 11) is 5.60. The van der Waals surface area contributed by atoms with Crippen molar-refractivity contribution in [3.8, 4) is 5.75 Å². The normalized spacial score (nSPS) is 12.4. The first-order valence-electron chi connectivity index (χ1n) is 9.05. The van der Waals surface area contributed by atoms with Gasteiger partial charge in [-0.15, -0.1) is 0 Å². The number of methoxy groups -OCH3 is 1. The summed E-state index contributed by atoms with van der Waals surface area (Å²) in [6.07, 6.45) is 4.81. The van der Waals surface area contributed by atoms with Crippen molar-refractivity contribution < 1.29 is 9.53 Å². The molecule has 0 fully saturated rings. The summed E-state index contributed by atoms with van der Waals surface area (Å²) in [5.74, 6) is 0.620. The Morgan fingerprint density at radius 1 is 1.14 bits per heavy atom. The van der Waals surface area contributed by atoms with E-state index in [1.165, 1.54) is 6.08 Å². The van der Waals surface area contributed by atoms with E-state index in [2.05, 4.69) is 20.2 Å². The Kier molecular flexibility index (Phi) is 6.34. The Morgan fingerprint density at radius 3 is 2.61 bits per heavy atom. The fourth-order valence-electron chi connectivity index (χ4n) is 2.98. The van der Waals surface area contributed by atoms with Crippen molar-refractivity contribution >= 4 is 23.0 Å². The molecule has 3 aromatic rings. The second-order valence-corrected chi connectivity index (χ2v) is 6.58. The summed E-state index contributed by atoms with van der Waals surface area (Å²) in [5.41, 5.74) is 3.30. The van der Waals surface area contributed by atoms with Crippen molar-refractivity contribution in [3.05, 3.63) is 72.1 Å². The van der Waals surface area contributed by atoms with E-state index >= 15 is 0 Å². The van der Waals surface area contributed by atoms with Gasteiger partial charge in [-0.25, -0.2) is 4.98 Å². The molecule has 144 valence electrons. The van der Waals surface area contributed by atoms with Gasteiger partial charge in [0.15, 0.2) is 0 Å². The molecule has 1 aromatic heterocycles. The summed E-state index contributed by atoms with van der Waals surface area (Å²) in [4.78, 5) is 23.2. The number of aromatic nitrogens is 2. The molecule has 1 atom stereocenters. The molecule has 1 heterocycles. The quantitative estimate of drug-likeness (QED) is 0.642. The summed E-state index contributed by atoms with van der Waals surface area (Å²) >= 11 is 0. The van der Waals surface area contributed by atoms with Gasteiger partial charge in [0, 0.05) is 18.2 Å². The van der Waals surface area contributed by atoms with E-state index in [4.69, 9.17) is 4.74 Å². The Hall–Kier alpha value is -3.25. The number of hydrogen-bond acceptors (Lipinski definition) is 5. The second kappa shape index (κ2) is 9.10. The third-order valence-corrected chi connectivity index (χ3v) is 4.46. The molecule has 0 saturated carbocycles. The highest BCUT2D eigenvalue weighted by Crippen LogP contribution is 2.27. The molecule has 1 unspecified atom stereocenters. The van der Waals surface area contributed by atoms with Crippen LogP contribution in [0.1, 0.15) is 17.3 Å². The largest absolute Gasteiger partial charge is 0.496 e. The van der Waals surface area contributed by atoms with Crippen molar-refractivity contribution in [2.24, 2.45) is 0 Å². The third-order valence-electron chi connectivity index (χ3n) is 4.46. The standard InChI is InChI=1S/C22H24N4O2/c1-26(2)20(17-8-4-7-11-21(17)28-3)15-24-22(27)13-12-16-14-23-18-9-5-6-10-19(18)25-16/h4-14,20H,15H2,1-3H3,(H,24,27). The van der Waals surface area contributed by atoms with Crippen LogP contribution in [0.3, 0.4) is 0 Å². The van der Waals surface area contributed by atoms with Crippen LogP contribution in [0.15, 0.2) is 60.8 Å². The molecule has 0 spiro atoms. The molecule has 1 amide bonds. The Labute approximate surface area is 164 Å². The van der Waals surface area contributed by atoms with E-state index < -0.39 is 0 Å². The van der Waals surface area contributed by atoms with Crippen molar-refractivity contribution in [1.29, 1.82) is 0 Å². The molecular formula is C22H24N4O2. The van der Waals surface area contributed by atoms with Crippen LogP contribution in [-0.2, 0) is 4.79 Å². The van der Waals surface area contributed by atoms with Gasteiger partial charge >= 0.3 is 0 Å². The molecule has 28 heavy (non-hydrogen) atoms. The van der Waals surface area contributed by atoms with Crippen LogP contribution < -0.4 is 10.1 Å². The first kappa shape index (κ1) is 19.5. The van der Waals surface area contributed by atoms with Crippen molar-refractivity contribution in [1.82, 2.24) is 20.2 Å². The topological polar surface area (TPSA) is 67.3 Å². The number of carbonyl (C=O) groups excluding carboxylic acids is 1. The lowest BCUT2D eigenvalue weighted by molar-refractivity contribution is -0.116. The maximum atomic E-state index is 12.3. The fraction of sp³-hybridized carbons (Fsp3) is 0.227. The molecule has 0 bridgehead atoms. The number of ether oxygens (including phenoxy) is 1. The molecule has 3 rings (SSSR count). The van der Waals surface area contributed by atoms with Crippen LogP contribution in [0.25, 0.3) is 17.1 Å². The highest BCUT2D eigenvalue weighted by Gasteiger charge is 2.18. The molecule has 0 aliphatic carbocycles. The molecule has 0 radical (unpaired) electrons. The first-order chi connectivity index (χ1) is 13.6. The Bertz CT molecular complexity index is 985. The highest BCUT2D eigenvalue weighted by atomic mass is 16.5. The van der Waals surface area contributed by atoms with Gasteiger partial charge in [-0.05, 0) is 38.4 Å². The lowest BCUT2D eigenvalue weighted by Gasteiger charge is -2.26. The second-order valence-electron chi connectivity index (χ2n) is 6.58. The monoisotopic (exact) mass is 376 g/mol. The van der Waals surface area contributed by atoms with Gasteiger partial charge in [-0.1, -0.05) is 30.3 Å². The summed E-state index contributed by atoms with van der Waals surface area (Å²) in [6.45, 7) is 0.458. The van der Waals surface area contributed by atoms with Crippen LogP contribution in [0.2, 0.25) is 0 Å². The molecule has 0 saturated heterocycles. The minimum Gasteiger partial charge on any atom is -0.496 e. The van der Waals surface area contributed by atoms with Crippen molar-refractivity contribution in [2.45, 2.75) is 6.04 Å². The zero-order valence-corrected chi connectivity index (χ0v) is 16.3. The molecule has 6 nitrogen and oxygen atoms in total. The van der Waals surface area contributed by atoms with E-state index in [-0.39, 0.29) is 11.9 Å². The Morgan fingerprint density at radius 2 is 1.86 bits per heavy atom. The SMILES string of the molecule is COc1ccccc1C(CNC(=O)C=Cc1cnc2ccccc2n1)N(C)C. The number of hydrogen-bond donors (Lipinski definition) is 1. The maximum Gasteiger partial charge on any atom is 0.244 e. The number of para-hydroxylation sites is 3. The maximum absolute atomic E-state index is 12.3. The third kappa shape index (κ3) is 4.72. The summed E-state index contributed by atoms with van der Waals surface area (Å²) < 4.78 is 5.46. The summed E-state index contributed by atoms with van der Waals surface area (Å²) in [6, 6.07) is 15.5. The van der Waals surface area contributed by atoms with Gasteiger partial charge in [0.1, 0.15) is 5.75 Å². The molecule has 1 N–H and O–H groups in total. The van der Waals surface area contributed by atoms with Gasteiger partial charge in [0.2, 0.25) is 5.91 Å². The molecule has 0 aliphatic rings. The van der Waals surface area contributed by atoms with Gasteiger partial charge in [-0.2, -0.15) is 0 Å². The van der Waals surface area contributed by atoms with Crippen molar-refractivity contribution in [2.75, 3.05) is 27.7 Å². The van der Waals surface area contributed by atoms with E-state index in [1.54, 1.807) is 19.4 Å². The van der Waals surface area contributed by atoms with Crippen LogP contribution in [-0.4, -0.2) is 48.5 Å². The lowest BCUT2D eigenvalue weighted by atomic mass is 10.0. The minimum absolute atomic E-state index is 0.00559. The average molecular weight is 376 g/mol. The van der Waals surface area contributed by atoms with Gasteiger partial charge in [-0.3, -0.25) is 9.78 Å². The zero-order valence-electron chi connectivity index (χ0n) is 16.3. The highest BCUT2D eigenvalue weighted by molar-refractivity contribution is 5.91. The van der Waals surface area contributed by atoms with Crippen LogP contribution in [0, 0.1) is 0 Å². The van der Waals surface area contributed by atoms with E-state index in [0.717, 1.165) is 22.3 Å². The number of amides is 1. The predicted octanol–water partition coefficient (Wildman–Crippen LogP) is 3.07. The smallest absolute Gasteiger partial charge is 0.244 e. The number of fused-ring (bicyclic) bond motifs is 1. The van der Waals surface area contributed by atoms with Gasteiger partial charge in [0.05, 0.1) is 36.1 Å². The van der Waals surface area contributed by atoms with E-state index in [9.17, 15) is 4.79 Å². The van der Waals surface area contributed by atoms with Crippen LogP contribution in [0.4, 0.5) is 0 Å². The van der Waals surface area contributed by atoms with Crippen LogP contribution >= 0.6 is 0 Å². The zero-order chi connectivity index (χ0) is 19.9. The van der Waals surface area contributed by atoms with E-state index in [0.29, 0.717) is 12.2 Å². The summed E-state index contributed by atoms with van der Waals surface area (Å²) in [5, 5.41) is 2.95. The number of likely N-dealkylation sites (N-methyl/N-ethyl adjacent to an activating group) is 1. The van der Waals surface area contributed by atoms with Crippen LogP contribution in [0.5, 0.6) is 5.75 Å². The number of benzene rings is 2. The predicted molar refractivity (Wildman–Crippen MR) is 111 cm³/mol. The van der Waals surface area contributed by atoms with Gasteiger partial charge in [0.25, 0.3) is 0 Å². The number of nitrogens with zero attached hydrogens (tertiary/aromatic N) is 3. The van der Waals surface area contributed by atoms with Gasteiger partial charge < -0.3 is 15.0 Å². The first-order valence-corrected chi connectivity index (χ1v) is 9.05.